The second kappa shape index (κ2) is 8.25. The van der Waals surface area contributed by atoms with Gasteiger partial charge in [0.25, 0.3) is 5.91 Å². The molecule has 1 N–H and O–H groups in total. The van der Waals surface area contributed by atoms with Crippen LogP contribution in [-0.2, 0) is 0 Å². The molecular formula is C16H25ClN2O2. The number of amides is 1. The van der Waals surface area contributed by atoms with Crippen molar-refractivity contribution >= 4 is 18.3 Å². The van der Waals surface area contributed by atoms with Gasteiger partial charge in [0.1, 0.15) is 5.75 Å². The van der Waals surface area contributed by atoms with Crippen LogP contribution in [0.25, 0.3) is 0 Å². The summed E-state index contributed by atoms with van der Waals surface area (Å²) in [5.74, 6) is 0.898. The molecule has 0 radical (unpaired) electrons. The quantitative estimate of drug-likeness (QED) is 0.909. The van der Waals surface area contributed by atoms with Gasteiger partial charge >= 0.3 is 0 Å². The topological polar surface area (TPSA) is 41.6 Å². The molecule has 0 bridgehead atoms. The van der Waals surface area contributed by atoms with E-state index < -0.39 is 0 Å². The highest BCUT2D eigenvalue weighted by Gasteiger charge is 2.23. The van der Waals surface area contributed by atoms with Crippen molar-refractivity contribution in [3.05, 3.63) is 29.8 Å². The molecular weight excluding hydrogens is 288 g/mol. The van der Waals surface area contributed by atoms with E-state index in [1.807, 2.05) is 43.1 Å². The summed E-state index contributed by atoms with van der Waals surface area (Å²) in [4.78, 5) is 14.2. The summed E-state index contributed by atoms with van der Waals surface area (Å²) in [6.07, 6.45) is 2.19. The molecule has 2 atom stereocenters. The monoisotopic (exact) mass is 312 g/mol. The van der Waals surface area contributed by atoms with Gasteiger partial charge in [0.2, 0.25) is 0 Å². The lowest BCUT2D eigenvalue weighted by molar-refractivity contribution is 0.0743. The van der Waals surface area contributed by atoms with E-state index >= 15 is 0 Å². The average Bonchev–Trinajstić information content (AvgIpc) is 3.00. The predicted octanol–water partition coefficient (Wildman–Crippen LogP) is 2.72. The van der Waals surface area contributed by atoms with E-state index in [0.717, 1.165) is 37.2 Å². The highest BCUT2D eigenvalue weighted by Crippen LogP contribution is 2.17. The number of carbonyl (C=O) groups is 1. The average molecular weight is 313 g/mol. The molecule has 1 fully saturated rings. The standard InChI is InChI=1S/C16H24N2O2.ClH/c1-4-12(2)20-15-7-5-13(6-8-15)16(19)18(3)14-9-10-17-11-14;/h5-8,12,14,17H,4,9-11H2,1-3H3;1H. The molecule has 118 valence electrons. The number of hydrogen-bond acceptors (Lipinski definition) is 3. The zero-order chi connectivity index (χ0) is 14.5. The van der Waals surface area contributed by atoms with Gasteiger partial charge in [-0.2, -0.15) is 0 Å². The molecule has 1 aromatic carbocycles. The summed E-state index contributed by atoms with van der Waals surface area (Å²) in [5, 5.41) is 3.28. The van der Waals surface area contributed by atoms with Crippen LogP contribution in [0.2, 0.25) is 0 Å². The molecule has 1 aromatic rings. The van der Waals surface area contributed by atoms with Crippen LogP contribution in [0.3, 0.4) is 0 Å². The minimum atomic E-state index is 0. The number of likely N-dealkylation sites (N-methyl/N-ethyl adjacent to an activating group) is 1. The highest BCUT2D eigenvalue weighted by atomic mass is 35.5. The van der Waals surface area contributed by atoms with Gasteiger partial charge in [-0.05, 0) is 50.6 Å². The van der Waals surface area contributed by atoms with Crippen LogP contribution in [0.1, 0.15) is 37.0 Å². The first-order chi connectivity index (χ1) is 9.61. The van der Waals surface area contributed by atoms with Gasteiger partial charge in [0, 0.05) is 25.2 Å². The number of carbonyl (C=O) groups excluding carboxylic acids is 1. The maximum absolute atomic E-state index is 12.4. The molecule has 21 heavy (non-hydrogen) atoms. The maximum atomic E-state index is 12.4. The van der Waals surface area contributed by atoms with E-state index in [1.54, 1.807) is 0 Å². The number of nitrogens with zero attached hydrogens (tertiary/aromatic N) is 1. The van der Waals surface area contributed by atoms with Gasteiger partial charge in [-0.3, -0.25) is 4.79 Å². The molecule has 0 spiro atoms. The third kappa shape index (κ3) is 4.61. The fourth-order valence-electron chi connectivity index (χ4n) is 2.33. The van der Waals surface area contributed by atoms with Crippen LogP contribution in [0.5, 0.6) is 5.75 Å². The Kier molecular flexibility index (Phi) is 6.99. The molecule has 0 aliphatic carbocycles. The molecule has 1 aliphatic heterocycles. The van der Waals surface area contributed by atoms with E-state index in [-0.39, 0.29) is 24.4 Å². The van der Waals surface area contributed by atoms with E-state index in [4.69, 9.17) is 4.74 Å². The molecule has 1 saturated heterocycles. The lowest BCUT2D eigenvalue weighted by Gasteiger charge is -2.24. The number of hydrogen-bond donors (Lipinski definition) is 1. The first kappa shape index (κ1) is 17.8. The zero-order valence-corrected chi connectivity index (χ0v) is 13.8. The largest absolute Gasteiger partial charge is 0.491 e. The Morgan fingerprint density at radius 1 is 1.43 bits per heavy atom. The van der Waals surface area contributed by atoms with Crippen LogP contribution in [-0.4, -0.2) is 43.1 Å². The molecule has 2 unspecified atom stereocenters. The van der Waals surface area contributed by atoms with Crippen LogP contribution in [0, 0.1) is 0 Å². The van der Waals surface area contributed by atoms with Gasteiger partial charge in [-0.25, -0.2) is 0 Å². The lowest BCUT2D eigenvalue weighted by atomic mass is 10.1. The normalized spacial score (nSPS) is 18.7. The molecule has 4 nitrogen and oxygen atoms in total. The first-order valence-electron chi connectivity index (χ1n) is 7.36. The van der Waals surface area contributed by atoms with Gasteiger partial charge in [-0.1, -0.05) is 6.92 Å². The summed E-state index contributed by atoms with van der Waals surface area (Å²) in [7, 11) is 1.88. The molecule has 2 rings (SSSR count). The number of ether oxygens (including phenoxy) is 1. The molecule has 0 saturated carbocycles. The summed E-state index contributed by atoms with van der Waals surface area (Å²) >= 11 is 0. The summed E-state index contributed by atoms with van der Waals surface area (Å²) in [6.45, 7) is 6.01. The van der Waals surface area contributed by atoms with Crippen molar-refractivity contribution < 1.29 is 9.53 Å². The second-order valence-corrected chi connectivity index (χ2v) is 5.42. The van der Waals surface area contributed by atoms with Gasteiger partial charge < -0.3 is 15.0 Å². The Morgan fingerprint density at radius 2 is 2.10 bits per heavy atom. The van der Waals surface area contributed by atoms with Crippen molar-refractivity contribution in [1.82, 2.24) is 10.2 Å². The van der Waals surface area contributed by atoms with Crippen LogP contribution < -0.4 is 10.1 Å². The summed E-state index contributed by atoms with van der Waals surface area (Å²) in [6, 6.07) is 7.75. The number of benzene rings is 1. The van der Waals surface area contributed by atoms with E-state index in [2.05, 4.69) is 12.2 Å². The van der Waals surface area contributed by atoms with E-state index in [0.29, 0.717) is 6.04 Å². The van der Waals surface area contributed by atoms with Crippen molar-refractivity contribution in [2.45, 2.75) is 38.8 Å². The fourth-order valence-corrected chi connectivity index (χ4v) is 2.33. The SMILES string of the molecule is CCC(C)Oc1ccc(C(=O)N(C)C2CCNC2)cc1.Cl. The van der Waals surface area contributed by atoms with Crippen LogP contribution in [0.15, 0.2) is 24.3 Å². The Morgan fingerprint density at radius 3 is 2.62 bits per heavy atom. The first-order valence-corrected chi connectivity index (χ1v) is 7.36. The van der Waals surface area contributed by atoms with E-state index in [9.17, 15) is 4.79 Å². The Balaban J connectivity index is 0.00000220. The fraction of sp³-hybridized carbons (Fsp3) is 0.562. The Hall–Kier alpha value is -1.26. The molecule has 0 aromatic heterocycles. The minimum Gasteiger partial charge on any atom is -0.491 e. The van der Waals surface area contributed by atoms with Crippen LogP contribution in [0.4, 0.5) is 0 Å². The van der Waals surface area contributed by atoms with Crippen LogP contribution >= 0.6 is 12.4 Å². The van der Waals surface area contributed by atoms with Crippen molar-refractivity contribution in [2.75, 3.05) is 20.1 Å². The third-order valence-electron chi connectivity index (χ3n) is 3.92. The van der Waals surface area contributed by atoms with Gasteiger partial charge in [0.15, 0.2) is 0 Å². The second-order valence-electron chi connectivity index (χ2n) is 5.42. The molecule has 5 heteroatoms. The molecule has 1 amide bonds. The van der Waals surface area contributed by atoms with Gasteiger partial charge in [0.05, 0.1) is 6.10 Å². The predicted molar refractivity (Wildman–Crippen MR) is 87.4 cm³/mol. The number of rotatable bonds is 5. The maximum Gasteiger partial charge on any atom is 0.253 e. The molecule has 1 aliphatic rings. The van der Waals surface area contributed by atoms with Crippen molar-refractivity contribution in [3.8, 4) is 5.75 Å². The third-order valence-corrected chi connectivity index (χ3v) is 3.92. The smallest absolute Gasteiger partial charge is 0.253 e. The summed E-state index contributed by atoms with van der Waals surface area (Å²) in [5.41, 5.74) is 0.718. The van der Waals surface area contributed by atoms with E-state index in [1.165, 1.54) is 0 Å². The van der Waals surface area contributed by atoms with Crippen molar-refractivity contribution in [1.29, 1.82) is 0 Å². The Bertz CT molecular complexity index is 444. The number of nitrogens with one attached hydrogen (secondary N) is 1. The number of halogens is 1. The summed E-state index contributed by atoms with van der Waals surface area (Å²) < 4.78 is 5.72. The van der Waals surface area contributed by atoms with Gasteiger partial charge in [-0.15, -0.1) is 12.4 Å². The minimum absolute atomic E-state index is 0. The van der Waals surface area contributed by atoms with Crippen molar-refractivity contribution in [2.24, 2.45) is 0 Å². The highest BCUT2D eigenvalue weighted by molar-refractivity contribution is 5.94. The lowest BCUT2D eigenvalue weighted by Crippen LogP contribution is -2.38. The Labute approximate surface area is 133 Å². The zero-order valence-electron chi connectivity index (χ0n) is 13.0. The molecule has 1 heterocycles. The van der Waals surface area contributed by atoms with Crippen molar-refractivity contribution in [3.63, 3.8) is 0 Å².